The van der Waals surface area contributed by atoms with Gasteiger partial charge in [0.1, 0.15) is 5.60 Å². The van der Waals surface area contributed by atoms with Crippen molar-refractivity contribution in [2.24, 2.45) is 0 Å². The number of amides is 2. The first kappa shape index (κ1) is 26.4. The summed E-state index contributed by atoms with van der Waals surface area (Å²) in [5, 5.41) is 12.9. The van der Waals surface area contributed by atoms with Gasteiger partial charge in [-0.2, -0.15) is 5.26 Å². The first-order chi connectivity index (χ1) is 16.3. The molecule has 188 valence electrons. The molecule has 0 spiro atoms. The van der Waals surface area contributed by atoms with Gasteiger partial charge < -0.3 is 15.0 Å². The van der Waals surface area contributed by atoms with E-state index in [4.69, 9.17) is 4.74 Å². The van der Waals surface area contributed by atoms with Crippen LogP contribution in [-0.4, -0.2) is 70.1 Å². The van der Waals surface area contributed by atoms with Crippen LogP contribution in [0.5, 0.6) is 0 Å². The summed E-state index contributed by atoms with van der Waals surface area (Å²) in [4.78, 5) is 33.8. The Morgan fingerprint density at radius 1 is 1.29 bits per heavy atom. The average molecular weight is 480 g/mol. The Hall–Kier alpha value is -3.18. The molecular formula is C27H37N5O3. The number of nitrogens with zero attached hydrogens (tertiary/aromatic N) is 4. The van der Waals surface area contributed by atoms with E-state index in [0.29, 0.717) is 43.7 Å². The third-order valence-electron chi connectivity index (χ3n) is 6.64. The van der Waals surface area contributed by atoms with Gasteiger partial charge in [0.15, 0.2) is 0 Å². The molecule has 0 saturated carbocycles. The molecule has 2 atom stereocenters. The Bertz CT molecular complexity index is 1080. The third-order valence-corrected chi connectivity index (χ3v) is 6.64. The lowest BCUT2D eigenvalue weighted by molar-refractivity contribution is 0.00256. The van der Waals surface area contributed by atoms with E-state index in [-0.39, 0.29) is 18.0 Å². The van der Waals surface area contributed by atoms with Crippen LogP contribution >= 0.6 is 0 Å². The number of aryl methyl sites for hydroxylation is 1. The van der Waals surface area contributed by atoms with E-state index < -0.39 is 11.1 Å². The summed E-state index contributed by atoms with van der Waals surface area (Å²) in [5.74, 6) is -0.211. The van der Waals surface area contributed by atoms with Gasteiger partial charge in [0.05, 0.1) is 17.2 Å². The van der Waals surface area contributed by atoms with Crippen LogP contribution in [0.25, 0.3) is 0 Å². The second-order valence-electron chi connectivity index (χ2n) is 10.8. The second kappa shape index (κ2) is 10.2. The summed E-state index contributed by atoms with van der Waals surface area (Å²) in [7, 11) is 0. The number of hydrogen-bond acceptors (Lipinski definition) is 6. The van der Waals surface area contributed by atoms with E-state index in [1.807, 2.05) is 60.6 Å². The second-order valence-corrected chi connectivity index (χ2v) is 10.8. The number of nitrogens with one attached hydrogen (secondary N) is 1. The number of rotatable bonds is 4. The summed E-state index contributed by atoms with van der Waals surface area (Å²) in [5.41, 5.74) is 2.82. The number of aromatic nitrogens is 1. The monoisotopic (exact) mass is 479 g/mol. The third kappa shape index (κ3) is 6.49. The molecule has 1 aliphatic carbocycles. The normalized spacial score (nSPS) is 23.4. The van der Waals surface area contributed by atoms with Crippen molar-refractivity contribution in [1.82, 2.24) is 20.1 Å². The Morgan fingerprint density at radius 3 is 2.57 bits per heavy atom. The summed E-state index contributed by atoms with van der Waals surface area (Å²) in [6, 6.07) is 5.87. The van der Waals surface area contributed by atoms with Gasteiger partial charge in [-0.25, -0.2) is 4.79 Å². The van der Waals surface area contributed by atoms with E-state index in [9.17, 15) is 14.9 Å². The summed E-state index contributed by atoms with van der Waals surface area (Å²) < 4.78 is 5.55. The maximum atomic E-state index is 13.0. The van der Waals surface area contributed by atoms with Crippen LogP contribution < -0.4 is 5.32 Å². The molecule has 2 aliphatic rings. The first-order valence-electron chi connectivity index (χ1n) is 12.1. The van der Waals surface area contributed by atoms with Crippen molar-refractivity contribution in [3.63, 3.8) is 0 Å². The Balaban J connectivity index is 1.74. The predicted octanol–water partition coefficient (Wildman–Crippen LogP) is 3.99. The lowest BCUT2D eigenvalue weighted by Crippen LogP contribution is -2.55. The maximum Gasteiger partial charge on any atom is 0.410 e. The maximum absolute atomic E-state index is 13.0. The minimum Gasteiger partial charge on any atom is -0.444 e. The van der Waals surface area contributed by atoms with Crippen molar-refractivity contribution in [2.45, 2.75) is 72.1 Å². The molecule has 1 aromatic heterocycles. The number of carbonyl (C=O) groups is 2. The SMILES string of the molecule is CC1=C(CN2CCN(C(=O)OC(C)(C)C)[C@@H](C)C2)C=C(C#N)CC1(C)NC(=O)c1ccc(C)nc1. The van der Waals surface area contributed by atoms with Crippen LogP contribution in [0, 0.1) is 18.3 Å². The number of carbonyl (C=O) groups excluding carboxylic acids is 2. The molecule has 1 saturated heterocycles. The Kier molecular flexibility index (Phi) is 7.71. The van der Waals surface area contributed by atoms with Gasteiger partial charge in [0.25, 0.3) is 5.91 Å². The fourth-order valence-corrected chi connectivity index (χ4v) is 4.55. The number of nitriles is 1. The van der Waals surface area contributed by atoms with E-state index in [1.165, 1.54) is 0 Å². The standard InChI is InChI=1S/C27H37N5O3/c1-18-8-9-22(15-29-18)24(33)30-27(7)13-21(14-28)12-23(20(27)3)17-31-10-11-32(19(2)16-31)25(34)35-26(4,5)6/h8-9,12,15,19H,10-11,13,16-17H2,1-7H3,(H,30,33)/t19-,27?/m0/s1. The molecule has 1 aliphatic heterocycles. The highest BCUT2D eigenvalue weighted by molar-refractivity contribution is 5.94. The fraction of sp³-hybridized carbons (Fsp3) is 0.556. The van der Waals surface area contributed by atoms with Crippen LogP contribution in [0.4, 0.5) is 4.79 Å². The zero-order valence-corrected chi connectivity index (χ0v) is 21.9. The molecular weight excluding hydrogens is 442 g/mol. The van der Waals surface area contributed by atoms with E-state index in [2.05, 4.69) is 21.3 Å². The van der Waals surface area contributed by atoms with Crippen LogP contribution in [0.3, 0.4) is 0 Å². The quantitative estimate of drug-likeness (QED) is 0.701. The predicted molar refractivity (Wildman–Crippen MR) is 135 cm³/mol. The smallest absolute Gasteiger partial charge is 0.410 e. The molecule has 0 aromatic carbocycles. The van der Waals surface area contributed by atoms with Gasteiger partial charge >= 0.3 is 6.09 Å². The highest BCUT2D eigenvalue weighted by atomic mass is 16.6. The fourth-order valence-electron chi connectivity index (χ4n) is 4.55. The van der Waals surface area contributed by atoms with Crippen molar-refractivity contribution in [3.05, 3.63) is 52.4 Å². The molecule has 0 bridgehead atoms. The molecule has 8 nitrogen and oxygen atoms in total. The van der Waals surface area contributed by atoms with Crippen LogP contribution in [0.2, 0.25) is 0 Å². The van der Waals surface area contributed by atoms with E-state index in [1.54, 1.807) is 17.2 Å². The highest BCUT2D eigenvalue weighted by Crippen LogP contribution is 2.34. The molecule has 1 unspecified atom stereocenters. The zero-order valence-electron chi connectivity index (χ0n) is 21.9. The number of piperazine rings is 1. The molecule has 35 heavy (non-hydrogen) atoms. The topological polar surface area (TPSA) is 98.6 Å². The van der Waals surface area contributed by atoms with Gasteiger partial charge in [-0.15, -0.1) is 0 Å². The van der Waals surface area contributed by atoms with Gasteiger partial charge in [0, 0.05) is 56.1 Å². The molecule has 0 radical (unpaired) electrons. The largest absolute Gasteiger partial charge is 0.444 e. The van der Waals surface area contributed by atoms with Crippen LogP contribution in [-0.2, 0) is 4.74 Å². The zero-order chi connectivity index (χ0) is 26.0. The Morgan fingerprint density at radius 2 is 2.00 bits per heavy atom. The van der Waals surface area contributed by atoms with Crippen molar-refractivity contribution in [1.29, 1.82) is 5.26 Å². The molecule has 1 aromatic rings. The van der Waals surface area contributed by atoms with Crippen LogP contribution in [0.15, 0.2) is 41.1 Å². The van der Waals surface area contributed by atoms with Crippen molar-refractivity contribution in [2.75, 3.05) is 26.2 Å². The summed E-state index contributed by atoms with van der Waals surface area (Å²) in [6.45, 7) is 16.1. The molecule has 8 heteroatoms. The highest BCUT2D eigenvalue weighted by Gasteiger charge is 2.36. The van der Waals surface area contributed by atoms with Gasteiger partial charge in [-0.1, -0.05) is 0 Å². The minimum atomic E-state index is -0.679. The van der Waals surface area contributed by atoms with E-state index >= 15 is 0 Å². The van der Waals surface area contributed by atoms with Crippen molar-refractivity contribution >= 4 is 12.0 Å². The minimum absolute atomic E-state index is 0.00244. The van der Waals surface area contributed by atoms with Crippen molar-refractivity contribution in [3.8, 4) is 6.07 Å². The number of hydrogen-bond donors (Lipinski definition) is 1. The average Bonchev–Trinajstić information content (AvgIpc) is 2.76. The number of pyridine rings is 1. The molecule has 2 amide bonds. The first-order valence-corrected chi connectivity index (χ1v) is 12.1. The molecule has 1 N–H and O–H groups in total. The lowest BCUT2D eigenvalue weighted by Gasteiger charge is -2.42. The Labute approximate surface area is 208 Å². The van der Waals surface area contributed by atoms with Crippen LogP contribution in [0.1, 0.15) is 64.0 Å². The van der Waals surface area contributed by atoms with Gasteiger partial charge in [-0.3, -0.25) is 14.7 Å². The molecule has 3 rings (SSSR count). The van der Waals surface area contributed by atoms with Gasteiger partial charge in [-0.05, 0) is 77.8 Å². The van der Waals surface area contributed by atoms with E-state index in [0.717, 1.165) is 16.8 Å². The molecule has 2 heterocycles. The summed E-state index contributed by atoms with van der Waals surface area (Å²) in [6.07, 6.45) is 3.67. The summed E-state index contributed by atoms with van der Waals surface area (Å²) >= 11 is 0. The van der Waals surface area contributed by atoms with Crippen molar-refractivity contribution < 1.29 is 14.3 Å². The number of ether oxygens (including phenoxy) is 1. The molecule has 1 fully saturated rings. The lowest BCUT2D eigenvalue weighted by atomic mass is 9.78. The van der Waals surface area contributed by atoms with Gasteiger partial charge in [0.2, 0.25) is 0 Å².